The van der Waals surface area contributed by atoms with E-state index in [1.165, 1.54) is 0 Å². The first kappa shape index (κ1) is 19.1. The van der Waals surface area contributed by atoms with Crippen molar-refractivity contribution in [3.05, 3.63) is 51.5 Å². The van der Waals surface area contributed by atoms with E-state index >= 15 is 0 Å². The molecule has 0 saturated heterocycles. The molecule has 0 spiro atoms. The Morgan fingerprint density at radius 1 is 1.20 bits per heavy atom. The monoisotopic (exact) mass is 381 g/mol. The Bertz CT molecular complexity index is 806. The average molecular weight is 382 g/mol. The molecule has 25 heavy (non-hydrogen) atoms. The van der Waals surface area contributed by atoms with Gasteiger partial charge in [-0.25, -0.2) is 4.79 Å². The molecule has 1 N–H and O–H groups in total. The zero-order valence-corrected chi connectivity index (χ0v) is 15.3. The number of aliphatic imine (C=N–C) groups is 1. The summed E-state index contributed by atoms with van der Waals surface area (Å²) in [5.74, 6) is -0.540. The van der Waals surface area contributed by atoms with Crippen molar-refractivity contribution in [3.63, 3.8) is 0 Å². The van der Waals surface area contributed by atoms with Gasteiger partial charge in [-0.05, 0) is 49.2 Å². The van der Waals surface area contributed by atoms with Crippen molar-refractivity contribution in [2.24, 2.45) is 4.99 Å². The van der Waals surface area contributed by atoms with Crippen LogP contribution in [-0.2, 0) is 4.79 Å². The zero-order valence-electron chi connectivity index (χ0n) is 13.8. The minimum absolute atomic E-state index is 0.196. The molecule has 7 heteroatoms. The fourth-order valence-electron chi connectivity index (χ4n) is 2.01. The lowest BCUT2D eigenvalue weighted by Gasteiger charge is -2.13. The molecule has 0 bridgehead atoms. The van der Waals surface area contributed by atoms with Crippen LogP contribution in [0.1, 0.15) is 18.1 Å². The van der Waals surface area contributed by atoms with Crippen LogP contribution in [0.15, 0.2) is 35.3 Å². The van der Waals surface area contributed by atoms with Gasteiger partial charge in [0.15, 0.2) is 18.1 Å². The number of rotatable bonds is 7. The highest BCUT2D eigenvalue weighted by atomic mass is 35.5. The fraction of sp³-hybridized carbons (Fsp3) is 0.222. The first-order valence-corrected chi connectivity index (χ1v) is 8.27. The molecule has 0 aromatic heterocycles. The van der Waals surface area contributed by atoms with Crippen molar-refractivity contribution in [2.75, 3.05) is 13.2 Å². The number of carboxylic acids is 1. The van der Waals surface area contributed by atoms with Gasteiger partial charge in [-0.15, -0.1) is 0 Å². The number of carbonyl (C=O) groups is 1. The summed E-state index contributed by atoms with van der Waals surface area (Å²) in [6, 6.07) is 8.82. The number of carboxylic acid groups (broad SMARTS) is 1. The van der Waals surface area contributed by atoms with E-state index in [9.17, 15) is 4.79 Å². The number of hydrogen-bond donors (Lipinski definition) is 1. The molecule has 2 rings (SSSR count). The van der Waals surface area contributed by atoms with Gasteiger partial charge in [-0.3, -0.25) is 4.99 Å². The number of ether oxygens (including phenoxy) is 2. The summed E-state index contributed by atoms with van der Waals surface area (Å²) in [5.41, 5.74) is 2.37. The van der Waals surface area contributed by atoms with Crippen LogP contribution in [0.2, 0.25) is 10.0 Å². The summed E-state index contributed by atoms with van der Waals surface area (Å²) >= 11 is 12.3. The molecular formula is C18H17Cl2NO4. The van der Waals surface area contributed by atoms with Crippen LogP contribution < -0.4 is 9.47 Å². The minimum Gasteiger partial charge on any atom is -0.490 e. The second kappa shape index (κ2) is 8.74. The van der Waals surface area contributed by atoms with Gasteiger partial charge in [0.05, 0.1) is 17.3 Å². The smallest absolute Gasteiger partial charge is 0.341 e. The molecule has 2 aromatic rings. The SMILES string of the molecule is CCOc1cc(C=Nc2ccc(C)c(Cl)c2)cc(Cl)c1OCC(=O)O. The van der Waals surface area contributed by atoms with Crippen LogP contribution in [0.5, 0.6) is 11.5 Å². The Labute approximate surface area is 155 Å². The van der Waals surface area contributed by atoms with Crippen molar-refractivity contribution in [1.82, 2.24) is 0 Å². The van der Waals surface area contributed by atoms with Gasteiger partial charge in [0.2, 0.25) is 0 Å². The predicted molar refractivity (Wildman–Crippen MR) is 99.2 cm³/mol. The molecule has 0 amide bonds. The Hall–Kier alpha value is -2.24. The molecule has 0 aliphatic carbocycles. The van der Waals surface area contributed by atoms with Crippen molar-refractivity contribution in [2.45, 2.75) is 13.8 Å². The third-order valence-corrected chi connectivity index (χ3v) is 3.88. The third-order valence-electron chi connectivity index (χ3n) is 3.19. The predicted octanol–water partition coefficient (Wildman–Crippen LogP) is 4.91. The summed E-state index contributed by atoms with van der Waals surface area (Å²) < 4.78 is 10.7. The molecule has 0 atom stereocenters. The van der Waals surface area contributed by atoms with Crippen LogP contribution in [-0.4, -0.2) is 30.5 Å². The van der Waals surface area contributed by atoms with Gasteiger partial charge >= 0.3 is 5.97 Å². The Kier molecular flexibility index (Phi) is 6.67. The Morgan fingerprint density at radius 3 is 2.60 bits per heavy atom. The Balaban J connectivity index is 2.30. The number of hydrogen-bond acceptors (Lipinski definition) is 4. The molecule has 5 nitrogen and oxygen atoms in total. The molecule has 0 aliphatic heterocycles. The topological polar surface area (TPSA) is 68.1 Å². The molecule has 0 fully saturated rings. The van der Waals surface area contributed by atoms with Crippen molar-refractivity contribution < 1.29 is 19.4 Å². The molecular weight excluding hydrogens is 365 g/mol. The molecule has 132 valence electrons. The van der Waals surface area contributed by atoms with Gasteiger partial charge in [0, 0.05) is 11.2 Å². The molecule has 0 saturated carbocycles. The van der Waals surface area contributed by atoms with E-state index in [-0.39, 0.29) is 10.8 Å². The van der Waals surface area contributed by atoms with E-state index < -0.39 is 12.6 Å². The third kappa shape index (κ3) is 5.37. The van der Waals surface area contributed by atoms with Crippen LogP contribution in [0.25, 0.3) is 0 Å². The Morgan fingerprint density at radius 2 is 1.96 bits per heavy atom. The summed E-state index contributed by atoms with van der Waals surface area (Å²) in [6.07, 6.45) is 1.62. The number of benzene rings is 2. The van der Waals surface area contributed by atoms with Gasteiger partial charge < -0.3 is 14.6 Å². The second-order valence-corrected chi connectivity index (χ2v) is 5.95. The van der Waals surface area contributed by atoms with E-state index in [2.05, 4.69) is 4.99 Å². The molecule has 0 unspecified atom stereocenters. The second-order valence-electron chi connectivity index (χ2n) is 5.14. The largest absolute Gasteiger partial charge is 0.490 e. The fourth-order valence-corrected chi connectivity index (χ4v) is 2.46. The number of aryl methyl sites for hydroxylation is 1. The standard InChI is InChI=1S/C18H17Cl2NO4/c1-3-24-16-7-12(6-15(20)18(16)25-10-17(22)23)9-21-13-5-4-11(2)14(19)8-13/h4-9H,3,10H2,1-2H3,(H,22,23). The van der Waals surface area contributed by atoms with E-state index in [0.717, 1.165) is 5.56 Å². The maximum absolute atomic E-state index is 10.7. The van der Waals surface area contributed by atoms with Crippen LogP contribution >= 0.6 is 23.2 Å². The van der Waals surface area contributed by atoms with Gasteiger partial charge in [-0.1, -0.05) is 29.3 Å². The molecule has 0 heterocycles. The lowest BCUT2D eigenvalue weighted by Crippen LogP contribution is -2.11. The summed E-state index contributed by atoms with van der Waals surface area (Å²) in [7, 11) is 0. The summed E-state index contributed by atoms with van der Waals surface area (Å²) in [6.45, 7) is 3.60. The number of aliphatic carboxylic acids is 1. The number of halogens is 2. The highest BCUT2D eigenvalue weighted by Crippen LogP contribution is 2.36. The normalized spacial score (nSPS) is 10.9. The maximum atomic E-state index is 10.7. The highest BCUT2D eigenvalue weighted by molar-refractivity contribution is 6.32. The first-order valence-electron chi connectivity index (χ1n) is 7.52. The molecule has 0 radical (unpaired) electrons. The lowest BCUT2D eigenvalue weighted by molar-refractivity contribution is -0.139. The van der Waals surface area contributed by atoms with Gasteiger partial charge in [0.25, 0.3) is 0 Å². The first-order chi connectivity index (χ1) is 11.9. The summed E-state index contributed by atoms with van der Waals surface area (Å²) in [4.78, 5) is 15.1. The van der Waals surface area contributed by atoms with Crippen molar-refractivity contribution >= 4 is 41.1 Å². The zero-order chi connectivity index (χ0) is 18.4. The van der Waals surface area contributed by atoms with E-state index in [1.807, 2.05) is 26.0 Å². The molecule has 0 aliphatic rings. The van der Waals surface area contributed by atoms with Gasteiger partial charge in [-0.2, -0.15) is 0 Å². The van der Waals surface area contributed by atoms with Gasteiger partial charge in [0.1, 0.15) is 0 Å². The van der Waals surface area contributed by atoms with Crippen LogP contribution in [0.3, 0.4) is 0 Å². The van der Waals surface area contributed by atoms with Crippen molar-refractivity contribution in [3.8, 4) is 11.5 Å². The van der Waals surface area contributed by atoms with E-state index in [0.29, 0.717) is 28.6 Å². The maximum Gasteiger partial charge on any atom is 0.341 e. The summed E-state index contributed by atoms with van der Waals surface area (Å²) in [5, 5.41) is 9.64. The molecule has 2 aromatic carbocycles. The van der Waals surface area contributed by atoms with Crippen molar-refractivity contribution in [1.29, 1.82) is 0 Å². The lowest BCUT2D eigenvalue weighted by atomic mass is 10.2. The van der Waals surface area contributed by atoms with Crippen LogP contribution in [0, 0.1) is 6.92 Å². The highest BCUT2D eigenvalue weighted by Gasteiger charge is 2.13. The van der Waals surface area contributed by atoms with E-state index in [1.54, 1.807) is 24.4 Å². The quantitative estimate of drug-likeness (QED) is 0.691. The average Bonchev–Trinajstić information content (AvgIpc) is 2.55. The van der Waals surface area contributed by atoms with E-state index in [4.69, 9.17) is 37.8 Å². The minimum atomic E-state index is -1.10. The van der Waals surface area contributed by atoms with Crippen LogP contribution in [0.4, 0.5) is 5.69 Å². The number of nitrogens with zero attached hydrogens (tertiary/aromatic N) is 1.